The molecule has 2 amide bonds. The fourth-order valence-corrected chi connectivity index (χ4v) is 2.52. The van der Waals surface area contributed by atoms with Crippen molar-refractivity contribution < 1.29 is 19.4 Å². The minimum atomic E-state index is -0.816. The van der Waals surface area contributed by atoms with Crippen LogP contribution in [0, 0.1) is 17.8 Å². The number of carboxylic acids is 1. The second-order valence-electron chi connectivity index (χ2n) is 6.05. The Morgan fingerprint density at radius 1 is 1.35 bits per heavy atom. The molecule has 0 aromatic heterocycles. The number of carbonyl (C=O) groups excluding carboxylic acids is 1. The van der Waals surface area contributed by atoms with Gasteiger partial charge in [-0.15, -0.1) is 0 Å². The number of urea groups is 1. The fourth-order valence-electron chi connectivity index (χ4n) is 2.52. The highest BCUT2D eigenvalue weighted by atomic mass is 16.5. The number of amides is 2. The summed E-state index contributed by atoms with van der Waals surface area (Å²) in [6.07, 6.45) is 2.52. The standard InChI is InChI=1S/C14H24N2O4/c1-10-7-16(8-12(10)13(17)18)14(19)15(2)5-6-20-9-11-3-4-11/h10-12H,3-9H2,1-2H3,(H,17,18)/t10-,12-/m1/s1. The third kappa shape index (κ3) is 3.85. The maximum atomic E-state index is 12.2. The SMILES string of the molecule is C[C@@H]1CN(C(=O)N(C)CCOCC2CC2)C[C@H]1C(=O)O. The predicted octanol–water partition coefficient (Wildman–Crippen LogP) is 1.12. The van der Waals surface area contributed by atoms with Gasteiger partial charge in [0.25, 0.3) is 0 Å². The molecule has 6 heteroatoms. The molecule has 2 fully saturated rings. The Hall–Kier alpha value is -1.30. The number of ether oxygens (including phenoxy) is 1. The summed E-state index contributed by atoms with van der Waals surface area (Å²) in [6, 6.07) is -0.101. The summed E-state index contributed by atoms with van der Waals surface area (Å²) in [7, 11) is 1.74. The molecule has 1 aliphatic heterocycles. The molecule has 0 aromatic rings. The van der Waals surface area contributed by atoms with Crippen molar-refractivity contribution in [2.45, 2.75) is 19.8 Å². The van der Waals surface area contributed by atoms with Crippen LogP contribution in [0.15, 0.2) is 0 Å². The molecule has 0 aromatic carbocycles. The number of likely N-dealkylation sites (tertiary alicyclic amines) is 1. The Morgan fingerprint density at radius 2 is 2.05 bits per heavy atom. The maximum absolute atomic E-state index is 12.2. The van der Waals surface area contributed by atoms with Gasteiger partial charge in [-0.2, -0.15) is 0 Å². The Balaban J connectivity index is 1.71. The van der Waals surface area contributed by atoms with Crippen molar-refractivity contribution in [2.24, 2.45) is 17.8 Å². The molecular formula is C14H24N2O4. The number of likely N-dealkylation sites (N-methyl/N-ethyl adjacent to an activating group) is 1. The lowest BCUT2D eigenvalue weighted by atomic mass is 9.99. The van der Waals surface area contributed by atoms with Gasteiger partial charge in [0.05, 0.1) is 12.5 Å². The minimum Gasteiger partial charge on any atom is -0.481 e. The summed E-state index contributed by atoms with van der Waals surface area (Å²) < 4.78 is 5.51. The van der Waals surface area contributed by atoms with Gasteiger partial charge in [-0.1, -0.05) is 6.92 Å². The number of carboxylic acid groups (broad SMARTS) is 1. The molecule has 2 rings (SSSR count). The Morgan fingerprint density at radius 3 is 2.60 bits per heavy atom. The molecule has 1 N–H and O–H groups in total. The van der Waals surface area contributed by atoms with E-state index in [4.69, 9.17) is 9.84 Å². The van der Waals surface area contributed by atoms with Crippen molar-refractivity contribution in [1.82, 2.24) is 9.80 Å². The van der Waals surface area contributed by atoms with Gasteiger partial charge >= 0.3 is 12.0 Å². The topological polar surface area (TPSA) is 70.1 Å². The van der Waals surface area contributed by atoms with Crippen molar-refractivity contribution in [3.8, 4) is 0 Å². The van der Waals surface area contributed by atoms with E-state index in [9.17, 15) is 9.59 Å². The Kier molecular flexibility index (Phi) is 4.86. The van der Waals surface area contributed by atoms with Gasteiger partial charge in [-0.3, -0.25) is 4.79 Å². The normalized spacial score (nSPS) is 25.8. The van der Waals surface area contributed by atoms with Crippen LogP contribution < -0.4 is 0 Å². The molecule has 1 heterocycles. The largest absolute Gasteiger partial charge is 0.481 e. The molecule has 114 valence electrons. The first-order valence-electron chi connectivity index (χ1n) is 7.29. The van der Waals surface area contributed by atoms with Crippen LogP contribution in [0.2, 0.25) is 0 Å². The van der Waals surface area contributed by atoms with E-state index in [-0.39, 0.29) is 11.9 Å². The van der Waals surface area contributed by atoms with Gasteiger partial charge in [0, 0.05) is 33.3 Å². The number of aliphatic carboxylic acids is 1. The molecule has 2 aliphatic rings. The average Bonchev–Trinajstić information content (AvgIpc) is 3.14. The smallest absolute Gasteiger partial charge is 0.319 e. The number of carbonyl (C=O) groups is 2. The third-order valence-electron chi connectivity index (χ3n) is 4.15. The van der Waals surface area contributed by atoms with Crippen LogP contribution >= 0.6 is 0 Å². The van der Waals surface area contributed by atoms with Crippen LogP contribution in [-0.2, 0) is 9.53 Å². The molecule has 1 saturated heterocycles. The van der Waals surface area contributed by atoms with Crippen molar-refractivity contribution in [1.29, 1.82) is 0 Å². The lowest BCUT2D eigenvalue weighted by molar-refractivity contribution is -0.142. The monoisotopic (exact) mass is 284 g/mol. The maximum Gasteiger partial charge on any atom is 0.319 e. The van der Waals surface area contributed by atoms with Gasteiger partial charge in [0.2, 0.25) is 0 Å². The second kappa shape index (κ2) is 6.43. The van der Waals surface area contributed by atoms with Gasteiger partial charge in [-0.05, 0) is 24.7 Å². The predicted molar refractivity (Wildman–Crippen MR) is 73.4 cm³/mol. The van der Waals surface area contributed by atoms with Crippen LogP contribution in [0.1, 0.15) is 19.8 Å². The van der Waals surface area contributed by atoms with E-state index >= 15 is 0 Å². The molecular weight excluding hydrogens is 260 g/mol. The van der Waals surface area contributed by atoms with Crippen LogP contribution in [0.4, 0.5) is 4.79 Å². The summed E-state index contributed by atoms with van der Waals surface area (Å²) in [6.45, 7) is 4.60. The van der Waals surface area contributed by atoms with Crippen LogP contribution in [0.3, 0.4) is 0 Å². The zero-order valence-corrected chi connectivity index (χ0v) is 12.2. The van der Waals surface area contributed by atoms with Crippen molar-refractivity contribution >= 4 is 12.0 Å². The summed E-state index contributed by atoms with van der Waals surface area (Å²) >= 11 is 0. The van der Waals surface area contributed by atoms with E-state index < -0.39 is 11.9 Å². The number of rotatable bonds is 6. The number of hydrogen-bond donors (Lipinski definition) is 1. The molecule has 6 nitrogen and oxygen atoms in total. The Bertz CT molecular complexity index is 370. The third-order valence-corrected chi connectivity index (χ3v) is 4.15. The van der Waals surface area contributed by atoms with Crippen LogP contribution in [-0.4, -0.2) is 66.8 Å². The molecule has 1 saturated carbocycles. The van der Waals surface area contributed by atoms with Gasteiger partial charge < -0.3 is 19.6 Å². The number of hydrogen-bond acceptors (Lipinski definition) is 3. The van der Waals surface area contributed by atoms with Crippen LogP contribution in [0.25, 0.3) is 0 Å². The average molecular weight is 284 g/mol. The lowest BCUT2D eigenvalue weighted by Gasteiger charge is -2.24. The first-order valence-corrected chi connectivity index (χ1v) is 7.29. The highest BCUT2D eigenvalue weighted by Gasteiger charge is 2.37. The molecule has 20 heavy (non-hydrogen) atoms. The summed E-state index contributed by atoms with van der Waals surface area (Å²) in [5.41, 5.74) is 0. The lowest BCUT2D eigenvalue weighted by Crippen LogP contribution is -2.41. The zero-order valence-electron chi connectivity index (χ0n) is 12.2. The first-order chi connectivity index (χ1) is 9.49. The molecule has 0 unspecified atom stereocenters. The van der Waals surface area contributed by atoms with E-state index in [0.29, 0.717) is 26.2 Å². The molecule has 0 spiro atoms. The molecule has 0 bridgehead atoms. The van der Waals surface area contributed by atoms with Crippen LogP contribution in [0.5, 0.6) is 0 Å². The molecule has 1 aliphatic carbocycles. The quantitative estimate of drug-likeness (QED) is 0.742. The summed E-state index contributed by atoms with van der Waals surface area (Å²) in [5.74, 6) is -0.524. The van der Waals surface area contributed by atoms with Crippen molar-refractivity contribution in [3.05, 3.63) is 0 Å². The zero-order chi connectivity index (χ0) is 14.7. The van der Waals surface area contributed by atoms with Gasteiger partial charge in [0.1, 0.15) is 0 Å². The van der Waals surface area contributed by atoms with Crippen molar-refractivity contribution in [2.75, 3.05) is 39.9 Å². The molecule has 2 atom stereocenters. The molecule has 0 radical (unpaired) electrons. The first kappa shape index (κ1) is 15.1. The summed E-state index contributed by atoms with van der Waals surface area (Å²) in [4.78, 5) is 26.5. The van der Waals surface area contributed by atoms with Crippen molar-refractivity contribution in [3.63, 3.8) is 0 Å². The fraction of sp³-hybridized carbons (Fsp3) is 0.857. The van der Waals surface area contributed by atoms with E-state index in [1.807, 2.05) is 6.92 Å². The second-order valence-corrected chi connectivity index (χ2v) is 6.05. The number of nitrogens with zero attached hydrogens (tertiary/aromatic N) is 2. The van der Waals surface area contributed by atoms with E-state index in [0.717, 1.165) is 12.5 Å². The van der Waals surface area contributed by atoms with E-state index in [1.54, 1.807) is 16.8 Å². The van der Waals surface area contributed by atoms with E-state index in [1.165, 1.54) is 12.8 Å². The summed E-state index contributed by atoms with van der Waals surface area (Å²) in [5, 5.41) is 9.08. The van der Waals surface area contributed by atoms with Gasteiger partial charge in [-0.25, -0.2) is 4.79 Å². The Labute approximate surface area is 119 Å². The van der Waals surface area contributed by atoms with Gasteiger partial charge in [0.15, 0.2) is 0 Å². The van der Waals surface area contributed by atoms with E-state index in [2.05, 4.69) is 0 Å². The minimum absolute atomic E-state index is 0.0102. The highest BCUT2D eigenvalue weighted by molar-refractivity contribution is 5.77. The highest BCUT2D eigenvalue weighted by Crippen LogP contribution is 2.28.